The molecule has 0 bridgehead atoms. The quantitative estimate of drug-likeness (QED) is 0.511. The van der Waals surface area contributed by atoms with Gasteiger partial charge in [0.2, 0.25) is 0 Å². The van der Waals surface area contributed by atoms with E-state index in [1.54, 1.807) is 50.4 Å². The smallest absolute Gasteiger partial charge is 0.325 e. The number of nitrogens with one attached hydrogen (secondary N) is 1. The zero-order valence-corrected chi connectivity index (χ0v) is 17.9. The highest BCUT2D eigenvalue weighted by Gasteiger charge is 2.63. The number of carboxylic acids is 1. The number of aliphatic hydroxyl groups is 1. The molecule has 4 rings (SSSR count). The second-order valence-corrected chi connectivity index (χ2v) is 10.8. The van der Waals surface area contributed by atoms with E-state index in [0.29, 0.717) is 10.6 Å². The van der Waals surface area contributed by atoms with E-state index in [1.165, 1.54) is 16.9 Å². The topological polar surface area (TPSA) is 122 Å². The molecule has 0 saturated heterocycles. The Hall–Kier alpha value is -2.53. The maximum atomic E-state index is 12.9. The average molecular weight is 448 g/mol. The molecule has 2 atom stereocenters. The van der Waals surface area contributed by atoms with Crippen LogP contribution in [0.5, 0.6) is 0 Å². The van der Waals surface area contributed by atoms with Crippen LogP contribution in [0, 0.1) is 0 Å². The number of benzene rings is 1. The Morgan fingerprint density at radius 2 is 1.97 bits per heavy atom. The van der Waals surface area contributed by atoms with Gasteiger partial charge in [-0.3, -0.25) is 4.79 Å². The second-order valence-electron chi connectivity index (χ2n) is 7.87. The Morgan fingerprint density at radius 3 is 2.57 bits per heavy atom. The van der Waals surface area contributed by atoms with Gasteiger partial charge in [0, 0.05) is 17.7 Å². The molecule has 0 aliphatic heterocycles. The minimum atomic E-state index is -4.05. The summed E-state index contributed by atoms with van der Waals surface area (Å²) in [5.74, 6) is -1.62. The van der Waals surface area contributed by atoms with Crippen LogP contribution in [0.15, 0.2) is 59.1 Å². The van der Waals surface area contributed by atoms with Crippen molar-refractivity contribution in [3.63, 3.8) is 0 Å². The van der Waals surface area contributed by atoms with Crippen molar-refractivity contribution in [3.8, 4) is 5.00 Å². The van der Waals surface area contributed by atoms with Crippen molar-refractivity contribution in [2.75, 3.05) is 0 Å². The van der Waals surface area contributed by atoms with Gasteiger partial charge in [-0.05, 0) is 38.0 Å². The summed E-state index contributed by atoms with van der Waals surface area (Å²) >= 11 is 0.970. The van der Waals surface area contributed by atoms with Gasteiger partial charge in [-0.1, -0.05) is 30.3 Å². The van der Waals surface area contributed by atoms with E-state index in [2.05, 4.69) is 9.82 Å². The lowest BCUT2D eigenvalue weighted by Gasteiger charge is -2.14. The molecule has 3 N–H and O–H groups in total. The number of thiophene rings is 1. The van der Waals surface area contributed by atoms with E-state index >= 15 is 0 Å². The second kappa shape index (κ2) is 7.02. The van der Waals surface area contributed by atoms with E-state index in [9.17, 15) is 23.4 Å². The highest BCUT2D eigenvalue weighted by Crippen LogP contribution is 2.52. The van der Waals surface area contributed by atoms with Gasteiger partial charge in [0.25, 0.3) is 10.0 Å². The van der Waals surface area contributed by atoms with E-state index < -0.39 is 33.1 Å². The van der Waals surface area contributed by atoms with Gasteiger partial charge in [0.05, 0.1) is 11.8 Å². The predicted molar refractivity (Wildman–Crippen MR) is 111 cm³/mol. The number of aromatic nitrogens is 2. The number of hydrogen-bond acceptors (Lipinski definition) is 6. The van der Waals surface area contributed by atoms with Crippen molar-refractivity contribution >= 4 is 27.3 Å². The molecular weight excluding hydrogens is 426 g/mol. The molecule has 158 valence electrons. The largest absolute Gasteiger partial charge is 0.480 e. The van der Waals surface area contributed by atoms with Gasteiger partial charge >= 0.3 is 5.97 Å². The third-order valence-corrected chi connectivity index (χ3v) is 8.28. The summed E-state index contributed by atoms with van der Waals surface area (Å²) in [5, 5.41) is 24.5. The average Bonchev–Trinajstić information content (AvgIpc) is 3.05. The monoisotopic (exact) mass is 447 g/mol. The Kier molecular flexibility index (Phi) is 4.85. The first-order valence-electron chi connectivity index (χ1n) is 9.23. The molecule has 30 heavy (non-hydrogen) atoms. The number of nitrogens with zero attached hydrogens (tertiary/aromatic N) is 2. The standard InChI is InChI=1S/C20H21N3O5S2/c1-19(2,26)14-11-21-23(12-14)16-8-9-17(29-16)30(27,28)22-20(18(24)25)10-15(20)13-6-4-3-5-7-13/h3-9,11-12,15,22,26H,10H2,1-2H3,(H,24,25)/t15-,20+/m1/s1. The van der Waals surface area contributed by atoms with Gasteiger partial charge in [0.1, 0.15) is 14.7 Å². The zero-order valence-electron chi connectivity index (χ0n) is 16.3. The molecule has 1 aromatic carbocycles. The Balaban J connectivity index is 1.59. The van der Waals surface area contributed by atoms with Crippen LogP contribution >= 0.6 is 11.3 Å². The van der Waals surface area contributed by atoms with Gasteiger partial charge in [-0.25, -0.2) is 13.1 Å². The Morgan fingerprint density at radius 1 is 1.27 bits per heavy atom. The third-order valence-electron chi connectivity index (χ3n) is 5.21. The Bertz CT molecular complexity index is 1190. The van der Waals surface area contributed by atoms with E-state index in [-0.39, 0.29) is 10.6 Å². The van der Waals surface area contributed by atoms with Crippen molar-refractivity contribution in [1.82, 2.24) is 14.5 Å². The SMILES string of the molecule is CC(C)(O)c1cnn(-c2ccc(S(=O)(=O)N[C@@]3(C(=O)O)C[C@@H]3c3ccccc3)s2)c1. The zero-order chi connectivity index (χ0) is 21.7. The molecule has 2 aromatic heterocycles. The van der Waals surface area contributed by atoms with Crippen LogP contribution in [0.1, 0.15) is 37.3 Å². The molecule has 1 aliphatic rings. The number of aliphatic carboxylic acids is 1. The van der Waals surface area contributed by atoms with E-state index in [0.717, 1.165) is 16.9 Å². The molecule has 0 radical (unpaired) electrons. The highest BCUT2D eigenvalue weighted by molar-refractivity contribution is 7.91. The first-order chi connectivity index (χ1) is 14.0. The fourth-order valence-corrected chi connectivity index (χ4v) is 6.00. The van der Waals surface area contributed by atoms with Crippen LogP contribution in [0.2, 0.25) is 0 Å². The lowest BCUT2D eigenvalue weighted by molar-refractivity contribution is -0.140. The van der Waals surface area contributed by atoms with Crippen LogP contribution in [-0.4, -0.2) is 39.9 Å². The first-order valence-corrected chi connectivity index (χ1v) is 11.5. The summed E-state index contributed by atoms with van der Waals surface area (Å²) in [5.41, 5.74) is -1.25. The van der Waals surface area contributed by atoms with Crippen LogP contribution in [0.3, 0.4) is 0 Å². The van der Waals surface area contributed by atoms with Crippen molar-refractivity contribution in [1.29, 1.82) is 0 Å². The molecule has 0 unspecified atom stereocenters. The summed E-state index contributed by atoms with van der Waals surface area (Å²) in [6, 6.07) is 12.0. The van der Waals surface area contributed by atoms with E-state index in [1.807, 2.05) is 6.07 Å². The Labute approximate surface area is 177 Å². The normalized spacial score (nSPS) is 21.5. The highest BCUT2D eigenvalue weighted by atomic mass is 32.2. The lowest BCUT2D eigenvalue weighted by Crippen LogP contribution is -2.44. The van der Waals surface area contributed by atoms with E-state index in [4.69, 9.17) is 0 Å². The number of carbonyl (C=O) groups is 1. The maximum Gasteiger partial charge on any atom is 0.325 e. The fraction of sp³-hybridized carbons (Fsp3) is 0.300. The summed E-state index contributed by atoms with van der Waals surface area (Å²) in [6.45, 7) is 3.26. The van der Waals surface area contributed by atoms with Crippen molar-refractivity contribution < 1.29 is 23.4 Å². The van der Waals surface area contributed by atoms with Crippen LogP contribution in [-0.2, 0) is 20.4 Å². The summed E-state index contributed by atoms with van der Waals surface area (Å²) in [7, 11) is -4.05. The van der Waals surface area contributed by atoms with Crippen molar-refractivity contribution in [2.45, 2.75) is 41.5 Å². The number of carboxylic acid groups (broad SMARTS) is 1. The summed E-state index contributed by atoms with van der Waals surface area (Å²) < 4.78 is 29.8. The molecule has 0 spiro atoms. The lowest BCUT2D eigenvalue weighted by atomic mass is 10.0. The van der Waals surface area contributed by atoms with Crippen LogP contribution in [0.4, 0.5) is 0 Å². The van der Waals surface area contributed by atoms with Gasteiger partial charge in [-0.2, -0.15) is 9.82 Å². The molecule has 0 amide bonds. The van der Waals surface area contributed by atoms with Crippen molar-refractivity contribution in [3.05, 3.63) is 66.0 Å². The number of sulfonamides is 1. The van der Waals surface area contributed by atoms with Gasteiger partial charge in [0.15, 0.2) is 0 Å². The first kappa shape index (κ1) is 20.7. The molecule has 8 nitrogen and oxygen atoms in total. The number of rotatable bonds is 7. The molecule has 10 heteroatoms. The minimum absolute atomic E-state index is 0.00264. The van der Waals surface area contributed by atoms with Gasteiger partial charge in [-0.15, -0.1) is 11.3 Å². The van der Waals surface area contributed by atoms with Crippen molar-refractivity contribution in [2.24, 2.45) is 0 Å². The third kappa shape index (κ3) is 3.67. The summed E-state index contributed by atoms with van der Waals surface area (Å²) in [6.07, 6.45) is 3.33. The van der Waals surface area contributed by atoms with Crippen LogP contribution < -0.4 is 4.72 Å². The molecule has 1 aliphatic carbocycles. The van der Waals surface area contributed by atoms with Gasteiger partial charge < -0.3 is 10.2 Å². The molecule has 3 aromatic rings. The minimum Gasteiger partial charge on any atom is -0.480 e. The number of hydrogen-bond donors (Lipinski definition) is 3. The molecule has 1 saturated carbocycles. The van der Waals surface area contributed by atoms with Crippen LogP contribution in [0.25, 0.3) is 5.00 Å². The molecule has 2 heterocycles. The molecular formula is C20H21N3O5S2. The summed E-state index contributed by atoms with van der Waals surface area (Å²) in [4.78, 5) is 11.9. The molecule has 1 fully saturated rings. The predicted octanol–water partition coefficient (Wildman–Crippen LogP) is 2.45. The fourth-order valence-electron chi connectivity index (χ4n) is 3.37. The maximum absolute atomic E-state index is 12.9.